The van der Waals surface area contributed by atoms with Crippen molar-refractivity contribution in [1.82, 2.24) is 19.7 Å². The fourth-order valence-electron chi connectivity index (χ4n) is 3.98. The molecule has 8 nitrogen and oxygen atoms in total. The summed E-state index contributed by atoms with van der Waals surface area (Å²) in [5.41, 5.74) is 1.12. The molecule has 10 heteroatoms. The Morgan fingerprint density at radius 2 is 2.00 bits per heavy atom. The van der Waals surface area contributed by atoms with Gasteiger partial charge < -0.3 is 14.7 Å². The number of amides is 1. The molecule has 2 heterocycles. The van der Waals surface area contributed by atoms with Gasteiger partial charge in [0.2, 0.25) is 15.9 Å². The minimum Gasteiger partial charge on any atom is -0.360 e. The van der Waals surface area contributed by atoms with Crippen LogP contribution in [0.5, 0.6) is 0 Å². The predicted molar refractivity (Wildman–Crippen MR) is 113 cm³/mol. The first-order valence-corrected chi connectivity index (χ1v) is 11.7. The van der Waals surface area contributed by atoms with Gasteiger partial charge in [-0.05, 0) is 58.5 Å². The second-order valence-electron chi connectivity index (χ2n) is 8.11. The summed E-state index contributed by atoms with van der Waals surface area (Å²) in [7, 11) is 0.0465. The number of carbonyl (C=O) groups is 1. The van der Waals surface area contributed by atoms with E-state index in [1.807, 2.05) is 25.1 Å². The highest BCUT2D eigenvalue weighted by molar-refractivity contribution is 7.89. The Bertz CT molecular complexity index is 1010. The van der Waals surface area contributed by atoms with Crippen LogP contribution in [-0.2, 0) is 14.8 Å². The smallest absolute Gasteiger partial charge is 0.248 e. The lowest BCUT2D eigenvalue weighted by atomic mass is 9.97. The second-order valence-corrected chi connectivity index (χ2v) is 9.99. The van der Waals surface area contributed by atoms with Gasteiger partial charge in [0.15, 0.2) is 5.76 Å². The zero-order valence-corrected chi connectivity index (χ0v) is 19.1. The summed E-state index contributed by atoms with van der Waals surface area (Å²) in [5, 5.41) is 6.69. The molecule has 1 saturated heterocycles. The largest absolute Gasteiger partial charge is 0.360 e. The highest BCUT2D eigenvalue weighted by Gasteiger charge is 2.35. The van der Waals surface area contributed by atoms with Gasteiger partial charge in [-0.2, -0.15) is 4.31 Å². The first kappa shape index (κ1) is 23.4. The molecule has 170 valence electrons. The van der Waals surface area contributed by atoms with Gasteiger partial charge in [-0.15, -0.1) is 0 Å². The number of likely N-dealkylation sites (N-methyl/N-ethyl adjacent to an activating group) is 1. The SMILES string of the molecule is Cc1noc(C)c1S(=O)(=O)N1CCC(C(=O)NCC(c2cccc(F)c2)N(C)C)CC1. The fraction of sp³-hybridized carbons (Fsp3) is 0.524. The molecule has 0 aliphatic carbocycles. The van der Waals surface area contributed by atoms with Crippen LogP contribution >= 0.6 is 0 Å². The topological polar surface area (TPSA) is 95.8 Å². The third kappa shape index (κ3) is 5.13. The monoisotopic (exact) mass is 452 g/mol. The van der Waals surface area contributed by atoms with Crippen molar-refractivity contribution < 1.29 is 22.1 Å². The minimum absolute atomic E-state index is 0.110. The molecule has 31 heavy (non-hydrogen) atoms. The number of hydrogen-bond acceptors (Lipinski definition) is 6. The van der Waals surface area contributed by atoms with Crippen molar-refractivity contribution in [1.29, 1.82) is 0 Å². The average molecular weight is 453 g/mol. The van der Waals surface area contributed by atoms with E-state index in [1.54, 1.807) is 19.9 Å². The van der Waals surface area contributed by atoms with Crippen molar-refractivity contribution in [2.45, 2.75) is 37.6 Å². The number of nitrogens with zero attached hydrogens (tertiary/aromatic N) is 3. The molecule has 0 radical (unpaired) electrons. The number of halogens is 1. The van der Waals surface area contributed by atoms with Gasteiger partial charge in [0, 0.05) is 25.6 Å². The van der Waals surface area contributed by atoms with Crippen molar-refractivity contribution in [3.8, 4) is 0 Å². The first-order chi connectivity index (χ1) is 14.6. The van der Waals surface area contributed by atoms with Gasteiger partial charge in [-0.1, -0.05) is 17.3 Å². The summed E-state index contributed by atoms with van der Waals surface area (Å²) < 4.78 is 45.8. The molecule has 1 fully saturated rings. The van der Waals surface area contributed by atoms with Crippen molar-refractivity contribution in [2.24, 2.45) is 5.92 Å². The number of piperidine rings is 1. The van der Waals surface area contributed by atoms with Crippen molar-refractivity contribution in [3.05, 3.63) is 47.1 Å². The molecule has 1 N–H and O–H groups in total. The summed E-state index contributed by atoms with van der Waals surface area (Å²) >= 11 is 0. The molecule has 1 unspecified atom stereocenters. The minimum atomic E-state index is -3.70. The van der Waals surface area contributed by atoms with E-state index in [2.05, 4.69) is 10.5 Å². The Kier molecular flexibility index (Phi) is 7.13. The molecule has 1 amide bonds. The molecule has 1 aliphatic rings. The summed E-state index contributed by atoms with van der Waals surface area (Å²) in [5.74, 6) is -0.434. The Morgan fingerprint density at radius 3 is 2.55 bits per heavy atom. The van der Waals surface area contributed by atoms with Gasteiger partial charge >= 0.3 is 0 Å². The zero-order valence-electron chi connectivity index (χ0n) is 18.3. The van der Waals surface area contributed by atoms with Crippen LogP contribution in [0.4, 0.5) is 4.39 Å². The van der Waals surface area contributed by atoms with Crippen LogP contribution in [0.2, 0.25) is 0 Å². The van der Waals surface area contributed by atoms with Crippen LogP contribution in [0.25, 0.3) is 0 Å². The van der Waals surface area contributed by atoms with Crippen LogP contribution in [0, 0.1) is 25.6 Å². The van der Waals surface area contributed by atoms with Gasteiger partial charge in [0.05, 0.1) is 6.04 Å². The molecule has 0 saturated carbocycles. The first-order valence-electron chi connectivity index (χ1n) is 10.2. The van der Waals surface area contributed by atoms with Gasteiger partial charge in [0.25, 0.3) is 0 Å². The van der Waals surface area contributed by atoms with Crippen LogP contribution in [-0.4, -0.2) is 62.4 Å². The van der Waals surface area contributed by atoms with Gasteiger partial charge in [-0.3, -0.25) is 4.79 Å². The number of rotatable bonds is 7. The number of aryl methyl sites for hydroxylation is 2. The summed E-state index contributed by atoms with van der Waals surface area (Å²) in [6.45, 7) is 4.03. The number of nitrogens with one attached hydrogen (secondary N) is 1. The molecule has 0 spiro atoms. The van der Waals surface area contributed by atoms with Gasteiger partial charge in [0.1, 0.15) is 16.4 Å². The highest BCUT2D eigenvalue weighted by atomic mass is 32.2. The Balaban J connectivity index is 1.59. The molecule has 1 aromatic carbocycles. The molecule has 1 atom stereocenters. The maximum atomic E-state index is 13.6. The van der Waals surface area contributed by atoms with Crippen LogP contribution in [0.3, 0.4) is 0 Å². The van der Waals surface area contributed by atoms with E-state index >= 15 is 0 Å². The maximum Gasteiger partial charge on any atom is 0.248 e. The van der Waals surface area contributed by atoms with Crippen molar-refractivity contribution in [3.63, 3.8) is 0 Å². The average Bonchev–Trinajstić information content (AvgIpc) is 3.06. The zero-order chi connectivity index (χ0) is 22.8. The Hall–Kier alpha value is -2.30. The summed E-state index contributed by atoms with van der Waals surface area (Å²) in [6.07, 6.45) is 0.863. The van der Waals surface area contributed by atoms with E-state index in [9.17, 15) is 17.6 Å². The lowest BCUT2D eigenvalue weighted by Crippen LogP contribution is -2.44. The van der Waals surface area contributed by atoms with E-state index in [0.717, 1.165) is 5.56 Å². The third-order valence-electron chi connectivity index (χ3n) is 5.72. The Morgan fingerprint density at radius 1 is 1.32 bits per heavy atom. The molecule has 1 aromatic heterocycles. The van der Waals surface area contributed by atoms with E-state index < -0.39 is 10.0 Å². The number of sulfonamides is 1. The van der Waals surface area contributed by atoms with E-state index in [-0.39, 0.29) is 47.4 Å². The standard InChI is InChI=1S/C21H29FN4O4S/c1-14-20(15(2)30-24-14)31(28,29)26-10-8-16(9-11-26)21(27)23-13-19(25(3)4)17-6-5-7-18(22)12-17/h5-7,12,16,19H,8-11,13H2,1-4H3,(H,23,27). The highest BCUT2D eigenvalue weighted by Crippen LogP contribution is 2.28. The molecular weight excluding hydrogens is 423 g/mol. The van der Waals surface area contributed by atoms with Crippen LogP contribution in [0.1, 0.15) is 35.9 Å². The number of hydrogen-bond donors (Lipinski definition) is 1. The number of benzene rings is 1. The van der Waals surface area contributed by atoms with Crippen LogP contribution < -0.4 is 5.32 Å². The second kappa shape index (κ2) is 9.46. The van der Waals surface area contributed by atoms with E-state index in [1.165, 1.54) is 16.4 Å². The molecule has 2 aromatic rings. The molecule has 1 aliphatic heterocycles. The predicted octanol–water partition coefficient (Wildman–Crippen LogP) is 2.25. The third-order valence-corrected chi connectivity index (χ3v) is 7.86. The maximum absolute atomic E-state index is 13.6. The van der Waals surface area contributed by atoms with Crippen molar-refractivity contribution >= 4 is 15.9 Å². The Labute approximate surface area is 182 Å². The summed E-state index contributed by atoms with van der Waals surface area (Å²) in [6, 6.07) is 6.17. The normalized spacial score (nSPS) is 17.1. The van der Waals surface area contributed by atoms with E-state index in [0.29, 0.717) is 25.1 Å². The summed E-state index contributed by atoms with van der Waals surface area (Å²) in [4.78, 5) is 14.8. The molecule has 3 rings (SSSR count). The van der Waals surface area contributed by atoms with Crippen molar-refractivity contribution in [2.75, 3.05) is 33.7 Å². The van der Waals surface area contributed by atoms with E-state index in [4.69, 9.17) is 4.52 Å². The van der Waals surface area contributed by atoms with Gasteiger partial charge in [-0.25, -0.2) is 12.8 Å². The molecule has 0 bridgehead atoms. The molecular formula is C21H29FN4O4S. The number of carbonyl (C=O) groups excluding carboxylic acids is 1. The lowest BCUT2D eigenvalue weighted by Gasteiger charge is -2.31. The quantitative estimate of drug-likeness (QED) is 0.692. The number of aromatic nitrogens is 1. The fourth-order valence-corrected chi connectivity index (χ4v) is 5.75. The van der Waals surface area contributed by atoms with Crippen LogP contribution in [0.15, 0.2) is 33.7 Å². The lowest BCUT2D eigenvalue weighted by molar-refractivity contribution is -0.126.